The number of ether oxygens (including phenoxy) is 2. The summed E-state index contributed by atoms with van der Waals surface area (Å²) < 4.78 is 11.7. The Labute approximate surface area is 187 Å². The third-order valence-corrected chi connectivity index (χ3v) is 5.88. The lowest BCUT2D eigenvalue weighted by atomic mass is 10.1. The molecule has 1 saturated heterocycles. The Kier molecular flexibility index (Phi) is 5.62. The van der Waals surface area contributed by atoms with Crippen LogP contribution in [0.1, 0.15) is 26.2 Å². The molecule has 7 heteroatoms. The van der Waals surface area contributed by atoms with E-state index in [0.717, 1.165) is 30.2 Å². The summed E-state index contributed by atoms with van der Waals surface area (Å²) in [6, 6.07) is 19.0. The van der Waals surface area contributed by atoms with Crippen molar-refractivity contribution in [2.24, 2.45) is 0 Å². The van der Waals surface area contributed by atoms with Crippen molar-refractivity contribution in [3.05, 3.63) is 60.7 Å². The summed E-state index contributed by atoms with van der Waals surface area (Å²) in [5, 5.41) is 11.7. The lowest BCUT2D eigenvalue weighted by Gasteiger charge is -2.31. The fraction of sp³-hybridized carbons (Fsp3) is 0.320. The number of hydrogen-bond acceptors (Lipinski definition) is 6. The molecule has 2 aromatic carbocycles. The zero-order valence-corrected chi connectivity index (χ0v) is 18.0. The minimum absolute atomic E-state index is 0.245. The van der Waals surface area contributed by atoms with Crippen LogP contribution in [0.4, 0.5) is 11.5 Å². The molecule has 1 fully saturated rings. The summed E-state index contributed by atoms with van der Waals surface area (Å²) in [6.45, 7) is 3.92. The van der Waals surface area contributed by atoms with Gasteiger partial charge in [-0.25, -0.2) is 0 Å². The van der Waals surface area contributed by atoms with Gasteiger partial charge in [0.05, 0.1) is 5.69 Å². The van der Waals surface area contributed by atoms with Gasteiger partial charge in [-0.15, -0.1) is 10.2 Å². The highest BCUT2D eigenvalue weighted by Crippen LogP contribution is 2.33. The van der Waals surface area contributed by atoms with Crippen LogP contribution in [-0.2, 0) is 4.79 Å². The van der Waals surface area contributed by atoms with Crippen LogP contribution in [0.2, 0.25) is 0 Å². The molecule has 0 radical (unpaired) electrons. The van der Waals surface area contributed by atoms with Crippen LogP contribution in [-0.4, -0.2) is 41.4 Å². The van der Waals surface area contributed by atoms with Crippen LogP contribution in [0.3, 0.4) is 0 Å². The summed E-state index contributed by atoms with van der Waals surface area (Å²) in [6.07, 6.45) is 2.59. The van der Waals surface area contributed by atoms with Crippen LogP contribution in [0.5, 0.6) is 11.5 Å². The van der Waals surface area contributed by atoms with Crippen molar-refractivity contribution < 1.29 is 14.3 Å². The standard InChI is InChI=1S/C25H26N4O3/c1-17-24(32-22-8-4-3-7-21(22)31-17)25(30)26-19-11-9-18(10-12-19)20-13-14-23(28-27-20)29-15-5-2-6-16-29/h3-4,7-14,17,24H,2,5-6,15-16H2,1H3,(H,26,30)/t17-,24+/m0/s1. The van der Waals surface area contributed by atoms with Gasteiger partial charge in [0.15, 0.2) is 17.3 Å². The van der Waals surface area contributed by atoms with E-state index in [1.165, 1.54) is 19.3 Å². The summed E-state index contributed by atoms with van der Waals surface area (Å²) in [5.74, 6) is 1.92. The molecule has 0 unspecified atom stereocenters. The molecule has 2 aliphatic rings. The molecule has 1 amide bonds. The number of para-hydroxylation sites is 2. The van der Waals surface area contributed by atoms with E-state index in [2.05, 4.69) is 20.4 Å². The van der Waals surface area contributed by atoms with Gasteiger partial charge < -0.3 is 19.7 Å². The summed E-state index contributed by atoms with van der Waals surface area (Å²) >= 11 is 0. The Morgan fingerprint density at radius 3 is 2.31 bits per heavy atom. The molecule has 3 heterocycles. The monoisotopic (exact) mass is 430 g/mol. The van der Waals surface area contributed by atoms with Crippen molar-refractivity contribution in [1.29, 1.82) is 0 Å². The first kappa shape index (κ1) is 20.3. The maximum atomic E-state index is 12.8. The topological polar surface area (TPSA) is 76.6 Å². The minimum atomic E-state index is -0.724. The zero-order valence-electron chi connectivity index (χ0n) is 18.0. The molecule has 164 valence electrons. The fourth-order valence-corrected chi connectivity index (χ4v) is 4.11. The predicted octanol–water partition coefficient (Wildman–Crippen LogP) is 4.30. The predicted molar refractivity (Wildman–Crippen MR) is 123 cm³/mol. The molecule has 1 aromatic heterocycles. The molecular formula is C25H26N4O3. The van der Waals surface area contributed by atoms with Gasteiger partial charge in [-0.1, -0.05) is 24.3 Å². The first-order chi connectivity index (χ1) is 15.7. The molecule has 1 N–H and O–H groups in total. The van der Waals surface area contributed by atoms with E-state index in [4.69, 9.17) is 9.47 Å². The highest BCUT2D eigenvalue weighted by molar-refractivity contribution is 5.95. The summed E-state index contributed by atoms with van der Waals surface area (Å²) in [7, 11) is 0. The van der Waals surface area contributed by atoms with E-state index >= 15 is 0 Å². The second-order valence-electron chi connectivity index (χ2n) is 8.20. The molecule has 2 aliphatic heterocycles. The third kappa shape index (κ3) is 4.23. The number of nitrogens with zero attached hydrogens (tertiary/aromatic N) is 3. The maximum absolute atomic E-state index is 12.8. The van der Waals surface area contributed by atoms with Crippen LogP contribution >= 0.6 is 0 Å². The van der Waals surface area contributed by atoms with E-state index in [1.807, 2.05) is 61.5 Å². The smallest absolute Gasteiger partial charge is 0.269 e. The first-order valence-electron chi connectivity index (χ1n) is 11.1. The highest BCUT2D eigenvalue weighted by atomic mass is 16.6. The highest BCUT2D eigenvalue weighted by Gasteiger charge is 2.34. The largest absolute Gasteiger partial charge is 0.482 e. The Hall–Kier alpha value is -3.61. The number of piperidine rings is 1. The SMILES string of the molecule is C[C@@H]1Oc2ccccc2O[C@H]1C(=O)Nc1ccc(-c2ccc(N3CCCCC3)nn2)cc1. The number of amides is 1. The number of carbonyl (C=O) groups excluding carboxylic acids is 1. The molecule has 5 rings (SSSR count). The Morgan fingerprint density at radius 2 is 1.62 bits per heavy atom. The van der Waals surface area contributed by atoms with E-state index in [-0.39, 0.29) is 5.91 Å². The van der Waals surface area contributed by atoms with Crippen molar-refractivity contribution in [2.75, 3.05) is 23.3 Å². The first-order valence-corrected chi connectivity index (χ1v) is 11.1. The fourth-order valence-electron chi connectivity index (χ4n) is 4.11. The molecule has 0 spiro atoms. The number of carbonyl (C=O) groups is 1. The second-order valence-corrected chi connectivity index (χ2v) is 8.20. The van der Waals surface area contributed by atoms with Gasteiger partial charge >= 0.3 is 0 Å². The molecule has 3 aromatic rings. The number of nitrogens with one attached hydrogen (secondary N) is 1. The second kappa shape index (κ2) is 8.86. The average Bonchev–Trinajstić information content (AvgIpc) is 2.85. The van der Waals surface area contributed by atoms with Crippen molar-refractivity contribution in [1.82, 2.24) is 10.2 Å². The van der Waals surface area contributed by atoms with E-state index in [0.29, 0.717) is 17.2 Å². The van der Waals surface area contributed by atoms with Crippen LogP contribution in [0.25, 0.3) is 11.3 Å². The van der Waals surface area contributed by atoms with Crippen LogP contribution in [0, 0.1) is 0 Å². The van der Waals surface area contributed by atoms with Gasteiger partial charge in [-0.05, 0) is 62.6 Å². The van der Waals surface area contributed by atoms with Crippen LogP contribution in [0.15, 0.2) is 60.7 Å². The zero-order chi connectivity index (χ0) is 21.9. The average molecular weight is 431 g/mol. The number of aromatic nitrogens is 2. The Morgan fingerprint density at radius 1 is 0.906 bits per heavy atom. The minimum Gasteiger partial charge on any atom is -0.482 e. The van der Waals surface area contributed by atoms with Crippen LogP contribution < -0.4 is 19.7 Å². The van der Waals surface area contributed by atoms with Gasteiger partial charge in [0, 0.05) is 24.3 Å². The summed E-state index contributed by atoms with van der Waals surface area (Å²) in [5.41, 5.74) is 2.43. The van der Waals surface area contributed by atoms with Gasteiger partial charge in [0.2, 0.25) is 6.10 Å². The van der Waals surface area contributed by atoms with Gasteiger partial charge in [0.25, 0.3) is 5.91 Å². The Balaban J connectivity index is 1.23. The number of benzene rings is 2. The molecule has 2 atom stereocenters. The van der Waals surface area contributed by atoms with Crippen molar-refractivity contribution >= 4 is 17.4 Å². The molecule has 7 nitrogen and oxygen atoms in total. The molecule has 32 heavy (non-hydrogen) atoms. The summed E-state index contributed by atoms with van der Waals surface area (Å²) in [4.78, 5) is 15.1. The third-order valence-electron chi connectivity index (χ3n) is 5.88. The molecule has 0 bridgehead atoms. The quantitative estimate of drug-likeness (QED) is 0.665. The van der Waals surface area contributed by atoms with Crippen molar-refractivity contribution in [3.63, 3.8) is 0 Å². The number of rotatable bonds is 4. The normalized spacial score (nSPS) is 20.0. The molecule has 0 aliphatic carbocycles. The van der Waals surface area contributed by atoms with Gasteiger partial charge in [-0.3, -0.25) is 4.79 Å². The van der Waals surface area contributed by atoms with Gasteiger partial charge in [0.1, 0.15) is 6.10 Å². The number of anilines is 2. The van der Waals surface area contributed by atoms with E-state index in [9.17, 15) is 4.79 Å². The van der Waals surface area contributed by atoms with Gasteiger partial charge in [-0.2, -0.15) is 0 Å². The number of hydrogen-bond donors (Lipinski definition) is 1. The van der Waals surface area contributed by atoms with Crippen molar-refractivity contribution in [2.45, 2.75) is 38.4 Å². The van der Waals surface area contributed by atoms with Crippen molar-refractivity contribution in [3.8, 4) is 22.8 Å². The Bertz CT molecular complexity index is 1080. The molecule has 0 saturated carbocycles. The molecular weight excluding hydrogens is 404 g/mol. The maximum Gasteiger partial charge on any atom is 0.269 e. The lowest BCUT2D eigenvalue weighted by molar-refractivity contribution is -0.128. The number of fused-ring (bicyclic) bond motifs is 1. The lowest BCUT2D eigenvalue weighted by Crippen LogP contribution is -2.46. The van der Waals surface area contributed by atoms with E-state index in [1.54, 1.807) is 6.07 Å². The van der Waals surface area contributed by atoms with E-state index < -0.39 is 12.2 Å².